The number of nitrogens with two attached hydrogens (primary N) is 1. The average molecular weight is 154 g/mol. The fourth-order valence-electron chi connectivity index (χ4n) is 0.605. The molecule has 0 aliphatic heterocycles. The average Bonchev–Trinajstić information content (AvgIpc) is 2.34. The summed E-state index contributed by atoms with van der Waals surface area (Å²) in [4.78, 5) is 5.33. The Bertz CT molecular complexity index is 210. The van der Waals surface area contributed by atoms with Crippen LogP contribution in [0.3, 0.4) is 0 Å². The molecule has 0 saturated heterocycles. The lowest BCUT2D eigenvalue weighted by atomic mass is 10.5. The molecule has 0 amide bonds. The molecule has 3 heteroatoms. The molecule has 2 N–H and O–H groups in total. The Balaban J connectivity index is 2.49. The minimum Gasteiger partial charge on any atom is -0.388 e. The zero-order valence-corrected chi connectivity index (χ0v) is 6.69. The maximum absolute atomic E-state index is 5.36. The fraction of sp³-hybridized carbons (Fsp3) is 0.286. The molecular formula is C7H10N2S. The molecule has 1 heterocycles. The van der Waals surface area contributed by atoms with Gasteiger partial charge < -0.3 is 5.73 Å². The summed E-state index contributed by atoms with van der Waals surface area (Å²) in [6.07, 6.45) is 0. The number of aliphatic imine (C=N–C) groups is 1. The summed E-state index contributed by atoms with van der Waals surface area (Å²) in [5.74, 6) is 0.647. The second-order valence-corrected chi connectivity index (χ2v) is 3.07. The standard InChI is InChI=1S/C7H10N2S/c1-6(8)9-5-7-3-2-4-10-7/h2-4H,5H2,1H3,(H2,8,9). The van der Waals surface area contributed by atoms with Crippen molar-refractivity contribution in [1.82, 2.24) is 0 Å². The van der Waals surface area contributed by atoms with E-state index >= 15 is 0 Å². The zero-order chi connectivity index (χ0) is 7.40. The molecule has 0 spiro atoms. The van der Waals surface area contributed by atoms with Crippen LogP contribution in [-0.4, -0.2) is 5.84 Å². The van der Waals surface area contributed by atoms with Gasteiger partial charge in [0.15, 0.2) is 0 Å². The van der Waals surface area contributed by atoms with Gasteiger partial charge in [0.2, 0.25) is 0 Å². The maximum Gasteiger partial charge on any atom is 0.0910 e. The van der Waals surface area contributed by atoms with Crippen molar-refractivity contribution >= 4 is 17.2 Å². The van der Waals surface area contributed by atoms with E-state index in [4.69, 9.17) is 5.73 Å². The van der Waals surface area contributed by atoms with Crippen LogP contribution in [0.2, 0.25) is 0 Å². The summed E-state index contributed by atoms with van der Waals surface area (Å²) in [6.45, 7) is 2.52. The highest BCUT2D eigenvalue weighted by molar-refractivity contribution is 7.09. The van der Waals surface area contributed by atoms with Crippen molar-refractivity contribution in [2.45, 2.75) is 13.5 Å². The van der Waals surface area contributed by atoms with Crippen molar-refractivity contribution in [2.24, 2.45) is 10.7 Å². The molecule has 10 heavy (non-hydrogen) atoms. The van der Waals surface area contributed by atoms with Crippen molar-refractivity contribution in [1.29, 1.82) is 0 Å². The lowest BCUT2D eigenvalue weighted by molar-refractivity contribution is 1.09. The van der Waals surface area contributed by atoms with Gasteiger partial charge in [-0.05, 0) is 18.4 Å². The fourth-order valence-corrected chi connectivity index (χ4v) is 1.23. The molecule has 0 unspecified atom stereocenters. The van der Waals surface area contributed by atoms with Crippen LogP contribution >= 0.6 is 11.3 Å². The molecule has 0 radical (unpaired) electrons. The summed E-state index contributed by atoms with van der Waals surface area (Å²) >= 11 is 1.70. The second-order valence-electron chi connectivity index (χ2n) is 2.04. The Labute approximate surface area is 64.4 Å². The topological polar surface area (TPSA) is 38.4 Å². The van der Waals surface area contributed by atoms with Crippen LogP contribution in [0.1, 0.15) is 11.8 Å². The molecule has 0 bridgehead atoms. The number of nitrogens with zero attached hydrogens (tertiary/aromatic N) is 1. The predicted molar refractivity (Wildman–Crippen MR) is 45.3 cm³/mol. The number of thiophene rings is 1. The number of amidine groups is 1. The van der Waals surface area contributed by atoms with Gasteiger partial charge in [0, 0.05) is 4.88 Å². The van der Waals surface area contributed by atoms with Gasteiger partial charge in [-0.15, -0.1) is 11.3 Å². The van der Waals surface area contributed by atoms with Gasteiger partial charge in [-0.2, -0.15) is 0 Å². The van der Waals surface area contributed by atoms with Crippen molar-refractivity contribution in [2.75, 3.05) is 0 Å². The first-order valence-electron chi connectivity index (χ1n) is 3.08. The summed E-state index contributed by atoms with van der Waals surface area (Å²) < 4.78 is 0. The Morgan fingerprint density at radius 3 is 3.10 bits per heavy atom. The lowest BCUT2D eigenvalue weighted by Crippen LogP contribution is -2.04. The third kappa shape index (κ3) is 2.19. The molecule has 0 atom stereocenters. The van der Waals surface area contributed by atoms with E-state index in [1.807, 2.05) is 11.4 Å². The van der Waals surface area contributed by atoms with Crippen molar-refractivity contribution in [3.05, 3.63) is 22.4 Å². The van der Waals surface area contributed by atoms with Crippen molar-refractivity contribution < 1.29 is 0 Å². The summed E-state index contributed by atoms with van der Waals surface area (Å²) in [5.41, 5.74) is 5.36. The van der Waals surface area contributed by atoms with E-state index < -0.39 is 0 Å². The van der Waals surface area contributed by atoms with Crippen LogP contribution in [-0.2, 0) is 6.54 Å². The summed E-state index contributed by atoms with van der Waals surface area (Å²) in [6, 6.07) is 4.07. The molecule has 0 aliphatic rings. The highest BCUT2D eigenvalue weighted by Gasteiger charge is 1.88. The monoisotopic (exact) mass is 154 g/mol. The molecule has 0 aromatic carbocycles. The third-order valence-electron chi connectivity index (χ3n) is 1.06. The summed E-state index contributed by atoms with van der Waals surface area (Å²) in [7, 11) is 0. The Morgan fingerprint density at radius 2 is 2.60 bits per heavy atom. The third-order valence-corrected chi connectivity index (χ3v) is 1.93. The van der Waals surface area contributed by atoms with Crippen LogP contribution in [0.4, 0.5) is 0 Å². The van der Waals surface area contributed by atoms with Gasteiger partial charge >= 0.3 is 0 Å². The predicted octanol–water partition coefficient (Wildman–Crippen LogP) is 1.63. The van der Waals surface area contributed by atoms with Crippen LogP contribution in [0.15, 0.2) is 22.5 Å². The molecule has 1 rings (SSSR count). The van der Waals surface area contributed by atoms with Gasteiger partial charge in [-0.1, -0.05) is 6.07 Å². The van der Waals surface area contributed by atoms with Gasteiger partial charge in [-0.3, -0.25) is 4.99 Å². The number of hydrogen-bond acceptors (Lipinski definition) is 2. The summed E-state index contributed by atoms with van der Waals surface area (Å²) in [5, 5.41) is 2.04. The first kappa shape index (κ1) is 7.28. The quantitative estimate of drug-likeness (QED) is 0.510. The zero-order valence-electron chi connectivity index (χ0n) is 5.87. The van der Waals surface area contributed by atoms with Crippen LogP contribution in [0.5, 0.6) is 0 Å². The Morgan fingerprint density at radius 1 is 1.80 bits per heavy atom. The highest BCUT2D eigenvalue weighted by atomic mass is 32.1. The van der Waals surface area contributed by atoms with E-state index in [1.54, 1.807) is 18.3 Å². The molecule has 1 aromatic rings. The molecule has 0 aliphatic carbocycles. The molecule has 54 valence electrons. The van der Waals surface area contributed by atoms with E-state index in [2.05, 4.69) is 11.1 Å². The Hall–Kier alpha value is -0.830. The van der Waals surface area contributed by atoms with E-state index in [-0.39, 0.29) is 0 Å². The minimum atomic E-state index is 0.647. The minimum absolute atomic E-state index is 0.647. The van der Waals surface area contributed by atoms with Gasteiger partial charge in [-0.25, -0.2) is 0 Å². The molecule has 0 fully saturated rings. The Kier molecular flexibility index (Phi) is 2.45. The van der Waals surface area contributed by atoms with Crippen LogP contribution in [0, 0.1) is 0 Å². The van der Waals surface area contributed by atoms with Crippen molar-refractivity contribution in [3.8, 4) is 0 Å². The molecule has 1 aromatic heterocycles. The van der Waals surface area contributed by atoms with Crippen molar-refractivity contribution in [3.63, 3.8) is 0 Å². The normalized spacial score (nSPS) is 11.9. The van der Waals surface area contributed by atoms with E-state index in [9.17, 15) is 0 Å². The van der Waals surface area contributed by atoms with Gasteiger partial charge in [0.05, 0.1) is 12.4 Å². The molecule has 2 nitrogen and oxygen atoms in total. The SMILES string of the molecule is CC(N)=NCc1cccs1. The molecular weight excluding hydrogens is 144 g/mol. The van der Waals surface area contributed by atoms with Crippen LogP contribution < -0.4 is 5.73 Å². The molecule has 0 saturated carbocycles. The first-order chi connectivity index (χ1) is 4.79. The largest absolute Gasteiger partial charge is 0.388 e. The smallest absolute Gasteiger partial charge is 0.0910 e. The number of hydrogen-bond donors (Lipinski definition) is 1. The van der Waals surface area contributed by atoms with E-state index in [0.29, 0.717) is 5.84 Å². The second kappa shape index (κ2) is 3.37. The maximum atomic E-state index is 5.36. The van der Waals surface area contributed by atoms with Gasteiger partial charge in [0.1, 0.15) is 0 Å². The van der Waals surface area contributed by atoms with Crippen LogP contribution in [0.25, 0.3) is 0 Å². The number of rotatable bonds is 2. The van der Waals surface area contributed by atoms with Gasteiger partial charge in [0.25, 0.3) is 0 Å². The van der Waals surface area contributed by atoms with E-state index in [1.165, 1.54) is 4.88 Å². The first-order valence-corrected chi connectivity index (χ1v) is 3.96. The van der Waals surface area contributed by atoms with E-state index in [0.717, 1.165) is 6.54 Å². The lowest BCUT2D eigenvalue weighted by Gasteiger charge is -1.89. The highest BCUT2D eigenvalue weighted by Crippen LogP contribution is 2.08.